The molecule has 10 heteroatoms. The summed E-state index contributed by atoms with van der Waals surface area (Å²) in [5.74, 6) is -0.906. The second-order valence-corrected chi connectivity index (χ2v) is 8.47. The number of nitrogens with zero attached hydrogens (tertiary/aromatic N) is 1. The van der Waals surface area contributed by atoms with Crippen LogP contribution in [0.15, 0.2) is 70.0 Å². The van der Waals surface area contributed by atoms with Crippen LogP contribution >= 0.6 is 23.4 Å². The van der Waals surface area contributed by atoms with Gasteiger partial charge in [0.15, 0.2) is 0 Å². The number of thioether (sulfide) groups is 1. The van der Waals surface area contributed by atoms with Crippen LogP contribution in [0.2, 0.25) is 5.02 Å². The van der Waals surface area contributed by atoms with Crippen LogP contribution in [0.3, 0.4) is 0 Å². The molecule has 0 bridgehead atoms. The average molecular weight is 497 g/mol. The van der Waals surface area contributed by atoms with E-state index in [-0.39, 0.29) is 15.5 Å². The molecule has 0 atom stereocenters. The van der Waals surface area contributed by atoms with Crippen molar-refractivity contribution in [3.05, 3.63) is 81.9 Å². The van der Waals surface area contributed by atoms with Crippen molar-refractivity contribution in [2.75, 3.05) is 19.0 Å². The summed E-state index contributed by atoms with van der Waals surface area (Å²) < 4.78 is 10.5. The molecule has 1 fully saturated rings. The van der Waals surface area contributed by atoms with E-state index in [4.69, 9.17) is 20.8 Å². The number of amides is 3. The number of nitrogens with one attached hydrogen (secondary N) is 1. The van der Waals surface area contributed by atoms with Gasteiger partial charge in [-0.3, -0.25) is 19.3 Å². The normalized spacial score (nSPS) is 14.5. The van der Waals surface area contributed by atoms with Gasteiger partial charge in [0.25, 0.3) is 11.1 Å². The number of ether oxygens (including phenoxy) is 1. The van der Waals surface area contributed by atoms with Crippen molar-refractivity contribution in [3.63, 3.8) is 0 Å². The first kappa shape index (κ1) is 23.3. The van der Waals surface area contributed by atoms with E-state index in [0.717, 1.165) is 16.7 Å². The highest BCUT2D eigenvalue weighted by Gasteiger charge is 2.36. The molecule has 0 radical (unpaired) electrons. The van der Waals surface area contributed by atoms with Crippen LogP contribution in [0.5, 0.6) is 0 Å². The number of halogens is 1. The van der Waals surface area contributed by atoms with Gasteiger partial charge in [0.05, 0.1) is 22.6 Å². The predicted molar refractivity (Wildman–Crippen MR) is 128 cm³/mol. The number of benzene rings is 2. The zero-order valence-electron chi connectivity index (χ0n) is 17.7. The smallest absolute Gasteiger partial charge is 0.339 e. The van der Waals surface area contributed by atoms with Crippen molar-refractivity contribution in [1.82, 2.24) is 4.90 Å². The highest BCUT2D eigenvalue weighted by Crippen LogP contribution is 2.34. The first-order valence-corrected chi connectivity index (χ1v) is 11.1. The zero-order valence-corrected chi connectivity index (χ0v) is 19.3. The van der Waals surface area contributed by atoms with Crippen molar-refractivity contribution >= 4 is 58.1 Å². The Labute approximate surface area is 203 Å². The number of methoxy groups -OCH3 is 1. The molecule has 1 aromatic heterocycles. The van der Waals surface area contributed by atoms with Crippen LogP contribution in [0.25, 0.3) is 17.4 Å². The molecule has 3 amide bonds. The molecule has 4 rings (SSSR count). The van der Waals surface area contributed by atoms with Crippen molar-refractivity contribution < 1.29 is 28.3 Å². The molecule has 1 N–H and O–H groups in total. The summed E-state index contributed by atoms with van der Waals surface area (Å²) in [6.45, 7) is -0.401. The zero-order chi connectivity index (χ0) is 24.2. The Morgan fingerprint density at radius 1 is 1.12 bits per heavy atom. The van der Waals surface area contributed by atoms with Crippen molar-refractivity contribution in [3.8, 4) is 11.3 Å². The maximum atomic E-state index is 12.7. The van der Waals surface area contributed by atoms with Gasteiger partial charge in [-0.15, -0.1) is 0 Å². The first-order valence-electron chi connectivity index (χ1n) is 9.94. The third-order valence-corrected chi connectivity index (χ3v) is 6.03. The van der Waals surface area contributed by atoms with Gasteiger partial charge in [0, 0.05) is 17.3 Å². The fourth-order valence-corrected chi connectivity index (χ4v) is 4.17. The number of hydrogen-bond donors (Lipinski definition) is 1. The molecular formula is C24H17ClN2O6S. The lowest BCUT2D eigenvalue weighted by molar-refractivity contribution is -0.127. The Kier molecular flexibility index (Phi) is 6.85. The van der Waals surface area contributed by atoms with Crippen LogP contribution in [-0.4, -0.2) is 41.6 Å². The number of imide groups is 1. The van der Waals surface area contributed by atoms with E-state index in [0.29, 0.717) is 22.8 Å². The molecule has 34 heavy (non-hydrogen) atoms. The number of rotatable bonds is 6. The van der Waals surface area contributed by atoms with Crippen molar-refractivity contribution in [2.24, 2.45) is 0 Å². The van der Waals surface area contributed by atoms with Gasteiger partial charge >= 0.3 is 5.97 Å². The molecule has 3 aromatic rings. The molecule has 0 spiro atoms. The Morgan fingerprint density at radius 2 is 1.88 bits per heavy atom. The van der Waals surface area contributed by atoms with E-state index in [9.17, 15) is 19.2 Å². The first-order chi connectivity index (χ1) is 16.4. The van der Waals surface area contributed by atoms with E-state index in [1.54, 1.807) is 48.5 Å². The van der Waals surface area contributed by atoms with Gasteiger partial charge in [0.2, 0.25) is 5.91 Å². The second kappa shape index (κ2) is 9.98. The van der Waals surface area contributed by atoms with E-state index < -0.39 is 29.6 Å². The molecule has 172 valence electrons. The minimum Gasteiger partial charge on any atom is -0.465 e. The molecular weight excluding hydrogens is 480 g/mol. The summed E-state index contributed by atoms with van der Waals surface area (Å²) >= 11 is 6.78. The summed E-state index contributed by atoms with van der Waals surface area (Å²) in [5.41, 5.74) is 1.33. The number of hydrogen-bond acceptors (Lipinski definition) is 7. The summed E-state index contributed by atoms with van der Waals surface area (Å²) in [5, 5.41) is 2.34. The lowest BCUT2D eigenvalue weighted by atomic mass is 10.1. The third kappa shape index (κ3) is 5.05. The van der Waals surface area contributed by atoms with Crippen LogP contribution in [0.4, 0.5) is 10.5 Å². The molecule has 2 heterocycles. The van der Waals surface area contributed by atoms with Gasteiger partial charge in [0.1, 0.15) is 18.1 Å². The van der Waals surface area contributed by atoms with E-state index in [1.165, 1.54) is 19.3 Å². The van der Waals surface area contributed by atoms with Gasteiger partial charge in [-0.1, -0.05) is 29.8 Å². The largest absolute Gasteiger partial charge is 0.465 e. The highest BCUT2D eigenvalue weighted by atomic mass is 35.5. The molecule has 0 saturated carbocycles. The van der Waals surface area contributed by atoms with E-state index >= 15 is 0 Å². The molecule has 8 nitrogen and oxygen atoms in total. The van der Waals surface area contributed by atoms with Crippen LogP contribution in [0, 0.1) is 0 Å². The predicted octanol–water partition coefficient (Wildman–Crippen LogP) is 5.06. The van der Waals surface area contributed by atoms with Gasteiger partial charge < -0.3 is 14.5 Å². The number of anilines is 1. The SMILES string of the molecule is COC(=O)c1cc(-c2ccc(/C=C3\SC(=O)N(CC(=O)Nc4ccccc4)C3=O)o2)ccc1Cl. The van der Waals surface area contributed by atoms with Gasteiger partial charge in [-0.25, -0.2) is 4.79 Å². The van der Waals surface area contributed by atoms with Gasteiger partial charge in [-0.2, -0.15) is 0 Å². The Morgan fingerprint density at radius 3 is 2.62 bits per heavy atom. The third-order valence-electron chi connectivity index (χ3n) is 4.79. The average Bonchev–Trinajstić information content (AvgIpc) is 3.40. The fourth-order valence-electron chi connectivity index (χ4n) is 3.16. The summed E-state index contributed by atoms with van der Waals surface area (Å²) in [6.07, 6.45) is 1.43. The number of carbonyl (C=O) groups excluding carboxylic acids is 4. The minimum absolute atomic E-state index is 0.129. The number of carbonyl (C=O) groups is 4. The van der Waals surface area contributed by atoms with Gasteiger partial charge in [-0.05, 0) is 54.2 Å². The molecule has 2 aromatic carbocycles. The van der Waals surface area contributed by atoms with E-state index in [1.807, 2.05) is 6.07 Å². The molecule has 0 aliphatic carbocycles. The molecule has 1 aliphatic heterocycles. The summed E-state index contributed by atoms with van der Waals surface area (Å²) in [6, 6.07) is 16.8. The fraction of sp³-hybridized carbons (Fsp3) is 0.0833. The Bertz CT molecular complexity index is 1320. The second-order valence-electron chi connectivity index (χ2n) is 7.07. The highest BCUT2D eigenvalue weighted by molar-refractivity contribution is 8.18. The lowest BCUT2D eigenvalue weighted by Crippen LogP contribution is -2.36. The summed E-state index contributed by atoms with van der Waals surface area (Å²) in [4.78, 5) is 50.2. The topological polar surface area (TPSA) is 106 Å². The lowest BCUT2D eigenvalue weighted by Gasteiger charge is -2.12. The molecule has 0 unspecified atom stereocenters. The number of para-hydroxylation sites is 1. The maximum absolute atomic E-state index is 12.7. The number of furan rings is 1. The molecule has 1 saturated heterocycles. The number of esters is 1. The standard InChI is InChI=1S/C24H17ClN2O6S/c1-32-23(30)17-11-14(7-9-18(17)25)19-10-8-16(33-19)12-20-22(29)27(24(31)34-20)13-21(28)26-15-5-3-2-4-6-15/h2-12H,13H2,1H3,(H,26,28)/b20-12-. The maximum Gasteiger partial charge on any atom is 0.339 e. The van der Waals surface area contributed by atoms with Crippen LogP contribution < -0.4 is 5.32 Å². The monoisotopic (exact) mass is 496 g/mol. The quantitative estimate of drug-likeness (QED) is 0.375. The Balaban J connectivity index is 1.48. The van der Waals surface area contributed by atoms with Crippen LogP contribution in [0.1, 0.15) is 16.1 Å². The van der Waals surface area contributed by atoms with Crippen molar-refractivity contribution in [2.45, 2.75) is 0 Å². The molecule has 1 aliphatic rings. The minimum atomic E-state index is -0.587. The summed E-state index contributed by atoms with van der Waals surface area (Å²) in [7, 11) is 1.26. The van der Waals surface area contributed by atoms with Crippen LogP contribution in [-0.2, 0) is 14.3 Å². The van der Waals surface area contributed by atoms with Crippen molar-refractivity contribution in [1.29, 1.82) is 0 Å². The van der Waals surface area contributed by atoms with E-state index in [2.05, 4.69) is 5.32 Å². The Hall–Kier alpha value is -3.82.